The highest BCUT2D eigenvalue weighted by atomic mass is 19.1. The Hall–Kier alpha value is -3.18. The van der Waals surface area contributed by atoms with Crippen molar-refractivity contribution in [2.24, 2.45) is 5.10 Å². The second kappa shape index (κ2) is 8.20. The molecule has 0 N–H and O–H groups in total. The van der Waals surface area contributed by atoms with Crippen LogP contribution in [0, 0.1) is 5.82 Å². The zero-order chi connectivity index (χ0) is 23.4. The number of ether oxygens (including phenoxy) is 1. The SMILES string of the molecule is Fc1ccc(C2=NN3[C@@H](C2)c2ccccc2OC32CCN([C@@H]3CCCc4ccccc43)CC2)cc1. The number of aryl methyl sites for hydroxylation is 1. The van der Waals surface area contributed by atoms with Gasteiger partial charge in [0, 0.05) is 44.0 Å². The van der Waals surface area contributed by atoms with Crippen molar-refractivity contribution in [2.45, 2.75) is 56.3 Å². The first-order valence-corrected chi connectivity index (χ1v) is 12.9. The molecule has 2 atom stereocenters. The van der Waals surface area contributed by atoms with Crippen LogP contribution in [0.1, 0.15) is 66.4 Å². The van der Waals surface area contributed by atoms with E-state index in [0.29, 0.717) is 6.04 Å². The Balaban J connectivity index is 1.20. The number of hydrazone groups is 1. The van der Waals surface area contributed by atoms with Gasteiger partial charge >= 0.3 is 0 Å². The van der Waals surface area contributed by atoms with E-state index in [1.807, 2.05) is 12.1 Å². The van der Waals surface area contributed by atoms with Crippen molar-refractivity contribution in [2.75, 3.05) is 13.1 Å². The second-order valence-corrected chi connectivity index (χ2v) is 10.3. The summed E-state index contributed by atoms with van der Waals surface area (Å²) < 4.78 is 20.4. The van der Waals surface area contributed by atoms with Crippen LogP contribution in [0.4, 0.5) is 4.39 Å². The number of piperidine rings is 1. The Bertz CT molecular complexity index is 1280. The third-order valence-corrected chi connectivity index (χ3v) is 8.44. The van der Waals surface area contributed by atoms with E-state index < -0.39 is 5.72 Å². The van der Waals surface area contributed by atoms with E-state index in [4.69, 9.17) is 9.84 Å². The molecule has 1 fully saturated rings. The van der Waals surface area contributed by atoms with Crippen molar-refractivity contribution < 1.29 is 9.13 Å². The van der Waals surface area contributed by atoms with E-state index in [1.165, 1.54) is 48.1 Å². The standard InChI is InChI=1S/C30H30FN3O/c31-23-14-12-22(13-15-23)26-20-28-25-9-3-4-11-29(25)35-30(34(28)32-26)16-18-33(19-17-30)27-10-5-7-21-6-1-2-8-24(21)27/h1-4,6,8-9,11-15,27-28H,5,7,10,16-20H2/t27-,28+/m1/s1. The van der Waals surface area contributed by atoms with Crippen molar-refractivity contribution in [3.63, 3.8) is 0 Å². The van der Waals surface area contributed by atoms with Gasteiger partial charge in [-0.2, -0.15) is 5.10 Å². The van der Waals surface area contributed by atoms with Gasteiger partial charge in [-0.25, -0.2) is 9.40 Å². The fourth-order valence-electron chi connectivity index (χ4n) is 6.67. The third kappa shape index (κ3) is 3.48. The van der Waals surface area contributed by atoms with Gasteiger partial charge < -0.3 is 4.74 Å². The molecule has 1 aliphatic carbocycles. The number of nitrogens with zero attached hydrogens (tertiary/aromatic N) is 3. The molecule has 4 nitrogen and oxygen atoms in total. The quantitative estimate of drug-likeness (QED) is 0.447. The van der Waals surface area contributed by atoms with Gasteiger partial charge in [0.25, 0.3) is 0 Å². The maximum atomic E-state index is 13.6. The lowest BCUT2D eigenvalue weighted by Gasteiger charge is -2.52. The Kier molecular flexibility index (Phi) is 4.95. The van der Waals surface area contributed by atoms with Gasteiger partial charge in [0.2, 0.25) is 5.72 Å². The van der Waals surface area contributed by atoms with Crippen LogP contribution in [0.15, 0.2) is 77.9 Å². The first-order valence-electron chi connectivity index (χ1n) is 12.9. The highest BCUT2D eigenvalue weighted by molar-refractivity contribution is 6.02. The molecule has 1 saturated heterocycles. The van der Waals surface area contributed by atoms with Gasteiger partial charge in [0.05, 0.1) is 11.8 Å². The zero-order valence-electron chi connectivity index (χ0n) is 19.9. The number of likely N-dealkylation sites (tertiary alicyclic amines) is 1. The molecule has 0 unspecified atom stereocenters. The summed E-state index contributed by atoms with van der Waals surface area (Å²) in [6.45, 7) is 1.98. The summed E-state index contributed by atoms with van der Waals surface area (Å²) in [5, 5.41) is 7.39. The first kappa shape index (κ1) is 21.1. The second-order valence-electron chi connectivity index (χ2n) is 10.3. The Morgan fingerprint density at radius 3 is 2.43 bits per heavy atom. The molecule has 35 heavy (non-hydrogen) atoms. The maximum Gasteiger partial charge on any atom is 0.200 e. The van der Waals surface area contributed by atoms with Crippen molar-refractivity contribution >= 4 is 5.71 Å². The van der Waals surface area contributed by atoms with Gasteiger partial charge in [-0.3, -0.25) is 4.90 Å². The molecule has 0 aromatic heterocycles. The van der Waals surface area contributed by atoms with Crippen molar-refractivity contribution in [3.05, 3.63) is 101 Å². The Morgan fingerprint density at radius 2 is 1.60 bits per heavy atom. The van der Waals surface area contributed by atoms with E-state index in [0.717, 1.165) is 49.4 Å². The highest BCUT2D eigenvalue weighted by Gasteiger charge is 2.52. The average Bonchev–Trinajstić information content (AvgIpc) is 3.36. The molecule has 3 aromatic carbocycles. The normalized spacial score (nSPS) is 24.8. The predicted molar refractivity (Wildman–Crippen MR) is 135 cm³/mol. The van der Waals surface area contributed by atoms with Gasteiger partial charge in [0.1, 0.15) is 11.6 Å². The lowest BCUT2D eigenvalue weighted by molar-refractivity contribution is -0.153. The summed E-state index contributed by atoms with van der Waals surface area (Å²) in [6, 6.07) is 24.8. The highest BCUT2D eigenvalue weighted by Crippen LogP contribution is 2.50. The van der Waals surface area contributed by atoms with Crippen molar-refractivity contribution in [1.82, 2.24) is 9.91 Å². The van der Waals surface area contributed by atoms with Crippen molar-refractivity contribution in [3.8, 4) is 5.75 Å². The molecule has 3 aliphatic heterocycles. The minimum atomic E-state index is -0.439. The van der Waals surface area contributed by atoms with E-state index in [1.54, 1.807) is 0 Å². The monoisotopic (exact) mass is 467 g/mol. The van der Waals surface area contributed by atoms with E-state index in [9.17, 15) is 4.39 Å². The van der Waals surface area contributed by atoms with Crippen LogP contribution in [-0.2, 0) is 6.42 Å². The summed E-state index contributed by atoms with van der Waals surface area (Å²) in [5.41, 5.74) is 5.79. The summed E-state index contributed by atoms with van der Waals surface area (Å²) in [7, 11) is 0. The van der Waals surface area contributed by atoms with Crippen LogP contribution in [0.3, 0.4) is 0 Å². The van der Waals surface area contributed by atoms with Crippen LogP contribution in [0.5, 0.6) is 5.75 Å². The number of rotatable bonds is 2. The van der Waals surface area contributed by atoms with Crippen LogP contribution in [-0.4, -0.2) is 34.4 Å². The van der Waals surface area contributed by atoms with Gasteiger partial charge in [-0.05, 0) is 54.2 Å². The topological polar surface area (TPSA) is 28.1 Å². The van der Waals surface area contributed by atoms with Gasteiger partial charge in [-0.15, -0.1) is 0 Å². The number of halogens is 1. The maximum absolute atomic E-state index is 13.6. The molecule has 5 heteroatoms. The van der Waals surface area contributed by atoms with Crippen LogP contribution in [0.25, 0.3) is 0 Å². The summed E-state index contributed by atoms with van der Waals surface area (Å²) in [6.07, 6.45) is 6.32. The molecular formula is C30H30FN3O. The molecule has 0 radical (unpaired) electrons. The Morgan fingerprint density at radius 1 is 0.857 bits per heavy atom. The molecule has 3 heterocycles. The number of para-hydroxylation sites is 1. The smallest absolute Gasteiger partial charge is 0.200 e. The molecule has 4 aliphatic rings. The van der Waals surface area contributed by atoms with Crippen LogP contribution < -0.4 is 4.74 Å². The van der Waals surface area contributed by atoms with Gasteiger partial charge in [-0.1, -0.05) is 54.6 Å². The van der Waals surface area contributed by atoms with E-state index in [-0.39, 0.29) is 11.9 Å². The minimum absolute atomic E-state index is 0.155. The molecule has 7 rings (SSSR count). The fraction of sp³-hybridized carbons (Fsp3) is 0.367. The van der Waals surface area contributed by atoms with Gasteiger partial charge in [0.15, 0.2) is 0 Å². The molecule has 178 valence electrons. The summed E-state index contributed by atoms with van der Waals surface area (Å²) >= 11 is 0. The third-order valence-electron chi connectivity index (χ3n) is 8.44. The fourth-order valence-corrected chi connectivity index (χ4v) is 6.67. The number of hydrogen-bond donors (Lipinski definition) is 0. The lowest BCUT2D eigenvalue weighted by atomic mass is 9.84. The van der Waals surface area contributed by atoms with Crippen molar-refractivity contribution in [1.29, 1.82) is 0 Å². The molecule has 3 aromatic rings. The van der Waals surface area contributed by atoms with E-state index >= 15 is 0 Å². The Labute approximate surface area is 206 Å². The summed E-state index contributed by atoms with van der Waals surface area (Å²) in [5.74, 6) is 0.771. The zero-order valence-corrected chi connectivity index (χ0v) is 19.9. The molecule has 0 bridgehead atoms. The molecule has 0 amide bonds. The predicted octanol–water partition coefficient (Wildman–Crippen LogP) is 6.24. The first-order chi connectivity index (χ1) is 17.2. The number of benzene rings is 3. The van der Waals surface area contributed by atoms with Crippen LogP contribution >= 0.6 is 0 Å². The summed E-state index contributed by atoms with van der Waals surface area (Å²) in [4.78, 5) is 2.67. The molecule has 1 spiro atoms. The molecular weight excluding hydrogens is 437 g/mol. The largest absolute Gasteiger partial charge is 0.466 e. The molecule has 0 saturated carbocycles. The van der Waals surface area contributed by atoms with E-state index in [2.05, 4.69) is 58.4 Å². The number of fused-ring (bicyclic) bond motifs is 5. The van der Waals surface area contributed by atoms with Crippen LogP contribution in [0.2, 0.25) is 0 Å². The lowest BCUT2D eigenvalue weighted by Crippen LogP contribution is -2.59. The minimum Gasteiger partial charge on any atom is -0.466 e. The number of hydrogen-bond acceptors (Lipinski definition) is 4. The average molecular weight is 468 g/mol.